The molecule has 1 rings (SSSR count). The van der Waals surface area contributed by atoms with Crippen LogP contribution in [-0.4, -0.2) is 36.8 Å². The average molecular weight is 264 g/mol. The van der Waals surface area contributed by atoms with Gasteiger partial charge in [-0.3, -0.25) is 4.79 Å². The van der Waals surface area contributed by atoms with Gasteiger partial charge in [0.05, 0.1) is 6.07 Å². The number of hydrogen-bond donors (Lipinski definition) is 0. The highest BCUT2D eigenvalue weighted by Gasteiger charge is 2.18. The summed E-state index contributed by atoms with van der Waals surface area (Å²) in [4.78, 5) is 14.3. The van der Waals surface area contributed by atoms with Gasteiger partial charge in [0, 0.05) is 11.9 Å². The number of thioether (sulfide) groups is 1. The van der Waals surface area contributed by atoms with Crippen molar-refractivity contribution in [1.29, 1.82) is 5.26 Å². The normalized spacial score (nSPS) is 11.4. The zero-order valence-corrected chi connectivity index (χ0v) is 11.5. The fraction of sp³-hybridized carbons (Fsp3) is 0.385. The van der Waals surface area contributed by atoms with Crippen LogP contribution in [0.15, 0.2) is 29.2 Å². The highest BCUT2D eigenvalue weighted by Crippen LogP contribution is 2.20. The molecule has 0 N–H and O–H groups in total. The molecule has 0 aliphatic carbocycles. The maximum absolute atomic E-state index is 11.8. The van der Waals surface area contributed by atoms with Crippen LogP contribution in [0.5, 0.6) is 5.75 Å². The lowest BCUT2D eigenvalue weighted by Gasteiger charge is -2.19. The van der Waals surface area contributed by atoms with Crippen molar-refractivity contribution in [2.45, 2.75) is 17.9 Å². The van der Waals surface area contributed by atoms with E-state index in [0.717, 1.165) is 4.90 Å². The molecule has 0 aliphatic rings. The van der Waals surface area contributed by atoms with Crippen molar-refractivity contribution in [1.82, 2.24) is 4.90 Å². The third kappa shape index (κ3) is 3.97. The number of likely N-dealkylation sites (N-methyl/N-ethyl adjacent to an activating group) is 1. The van der Waals surface area contributed by atoms with Gasteiger partial charge in [-0.2, -0.15) is 5.26 Å². The lowest BCUT2D eigenvalue weighted by molar-refractivity contribution is -0.136. The minimum atomic E-state index is -0.594. The van der Waals surface area contributed by atoms with Crippen molar-refractivity contribution in [3.05, 3.63) is 24.3 Å². The summed E-state index contributed by atoms with van der Waals surface area (Å²) in [5, 5.41) is 8.53. The van der Waals surface area contributed by atoms with Gasteiger partial charge in [0.15, 0.2) is 6.10 Å². The summed E-state index contributed by atoms with van der Waals surface area (Å²) in [7, 11) is 1.59. The predicted molar refractivity (Wildman–Crippen MR) is 71.6 cm³/mol. The van der Waals surface area contributed by atoms with E-state index in [1.165, 1.54) is 4.90 Å². The molecule has 0 saturated carbocycles. The number of nitrogens with zero attached hydrogens (tertiary/aromatic N) is 2. The number of benzene rings is 1. The third-order valence-corrected chi connectivity index (χ3v) is 3.15. The smallest absolute Gasteiger partial charge is 0.263 e. The van der Waals surface area contributed by atoms with Gasteiger partial charge in [-0.25, -0.2) is 0 Å². The molecule has 1 atom stereocenters. The Kier molecular flexibility index (Phi) is 5.53. The van der Waals surface area contributed by atoms with Crippen LogP contribution in [0.2, 0.25) is 0 Å². The van der Waals surface area contributed by atoms with Crippen LogP contribution < -0.4 is 4.74 Å². The summed E-state index contributed by atoms with van der Waals surface area (Å²) in [6.45, 7) is 1.75. The fourth-order valence-electron chi connectivity index (χ4n) is 1.40. The number of nitriles is 1. The first-order chi connectivity index (χ1) is 8.58. The number of amides is 1. The monoisotopic (exact) mass is 264 g/mol. The van der Waals surface area contributed by atoms with Crippen LogP contribution in [0, 0.1) is 11.3 Å². The summed E-state index contributed by atoms with van der Waals surface area (Å²) < 4.78 is 5.53. The Labute approximate surface area is 112 Å². The molecular formula is C13H16N2O2S. The predicted octanol–water partition coefficient (Wildman–Crippen LogP) is 2.16. The van der Waals surface area contributed by atoms with Crippen LogP contribution >= 0.6 is 11.8 Å². The molecule has 18 heavy (non-hydrogen) atoms. The van der Waals surface area contributed by atoms with Gasteiger partial charge >= 0.3 is 0 Å². The fourth-order valence-corrected chi connectivity index (χ4v) is 1.81. The van der Waals surface area contributed by atoms with Gasteiger partial charge in [0.1, 0.15) is 12.3 Å². The zero-order valence-electron chi connectivity index (χ0n) is 10.7. The van der Waals surface area contributed by atoms with E-state index in [9.17, 15) is 4.79 Å². The molecule has 0 aromatic heterocycles. The Hall–Kier alpha value is -1.67. The lowest BCUT2D eigenvalue weighted by atomic mass is 10.3. The molecule has 0 spiro atoms. The Bertz CT molecular complexity index is 439. The standard InChI is InChI=1S/C13H16N2O2S/c1-10(13(16)15(2)9-8-14)17-11-4-6-12(18-3)7-5-11/h4-7,10H,9H2,1-3H3/t10-/m0/s1. The highest BCUT2D eigenvalue weighted by atomic mass is 32.2. The molecule has 0 heterocycles. The van der Waals surface area contributed by atoms with Gasteiger partial charge in [0.25, 0.3) is 5.91 Å². The van der Waals surface area contributed by atoms with Crippen molar-refractivity contribution >= 4 is 17.7 Å². The molecule has 4 nitrogen and oxygen atoms in total. The number of hydrogen-bond acceptors (Lipinski definition) is 4. The molecule has 1 aromatic carbocycles. The van der Waals surface area contributed by atoms with E-state index in [0.29, 0.717) is 5.75 Å². The maximum atomic E-state index is 11.8. The van der Waals surface area contributed by atoms with Crippen LogP contribution in [-0.2, 0) is 4.79 Å². The first-order valence-corrected chi connectivity index (χ1v) is 6.73. The highest BCUT2D eigenvalue weighted by molar-refractivity contribution is 7.98. The third-order valence-electron chi connectivity index (χ3n) is 2.40. The number of carbonyl (C=O) groups is 1. The Morgan fingerprint density at radius 2 is 2.11 bits per heavy atom. The van der Waals surface area contributed by atoms with Crippen LogP contribution in [0.3, 0.4) is 0 Å². The summed E-state index contributed by atoms with van der Waals surface area (Å²) in [5.41, 5.74) is 0. The minimum absolute atomic E-state index is 0.0674. The van der Waals surface area contributed by atoms with Crippen molar-refractivity contribution in [3.63, 3.8) is 0 Å². The minimum Gasteiger partial charge on any atom is -0.481 e. The van der Waals surface area contributed by atoms with Crippen LogP contribution in [0.1, 0.15) is 6.92 Å². The molecular weight excluding hydrogens is 248 g/mol. The molecule has 0 fully saturated rings. The molecule has 1 aromatic rings. The van der Waals surface area contributed by atoms with E-state index in [4.69, 9.17) is 10.00 Å². The quantitative estimate of drug-likeness (QED) is 0.604. The second kappa shape index (κ2) is 6.92. The summed E-state index contributed by atoms with van der Waals surface area (Å²) in [6.07, 6.45) is 1.40. The average Bonchev–Trinajstić information content (AvgIpc) is 2.39. The Morgan fingerprint density at radius 1 is 1.50 bits per heavy atom. The SMILES string of the molecule is CSc1ccc(O[C@@H](C)C(=O)N(C)CC#N)cc1. The molecule has 1 amide bonds. The van der Waals surface area contributed by atoms with Crippen molar-refractivity contribution in [2.75, 3.05) is 19.8 Å². The van der Waals surface area contributed by atoms with Gasteiger partial charge < -0.3 is 9.64 Å². The van der Waals surface area contributed by atoms with Gasteiger partial charge in [-0.15, -0.1) is 11.8 Å². The first kappa shape index (κ1) is 14.4. The van der Waals surface area contributed by atoms with Gasteiger partial charge in [-0.1, -0.05) is 0 Å². The van der Waals surface area contributed by atoms with Crippen LogP contribution in [0.4, 0.5) is 0 Å². The second-order valence-electron chi connectivity index (χ2n) is 3.79. The lowest BCUT2D eigenvalue weighted by Crippen LogP contribution is -2.38. The molecule has 5 heteroatoms. The second-order valence-corrected chi connectivity index (χ2v) is 4.67. The molecule has 0 saturated heterocycles. The van der Waals surface area contributed by atoms with E-state index in [1.807, 2.05) is 36.6 Å². The number of ether oxygens (including phenoxy) is 1. The van der Waals surface area contributed by atoms with Crippen molar-refractivity contribution in [3.8, 4) is 11.8 Å². The first-order valence-electron chi connectivity index (χ1n) is 5.51. The maximum Gasteiger partial charge on any atom is 0.263 e. The van der Waals surface area contributed by atoms with E-state index in [1.54, 1.807) is 25.7 Å². The topological polar surface area (TPSA) is 53.3 Å². The summed E-state index contributed by atoms with van der Waals surface area (Å²) >= 11 is 1.65. The zero-order chi connectivity index (χ0) is 13.5. The van der Waals surface area contributed by atoms with Gasteiger partial charge in [0.2, 0.25) is 0 Å². The summed E-state index contributed by atoms with van der Waals surface area (Å²) in [6, 6.07) is 9.48. The molecule has 0 unspecified atom stereocenters. The van der Waals surface area contributed by atoms with E-state index < -0.39 is 6.10 Å². The number of carbonyl (C=O) groups excluding carboxylic acids is 1. The van der Waals surface area contributed by atoms with E-state index in [2.05, 4.69) is 0 Å². The molecule has 96 valence electrons. The van der Waals surface area contributed by atoms with E-state index in [-0.39, 0.29) is 12.5 Å². The largest absolute Gasteiger partial charge is 0.481 e. The van der Waals surface area contributed by atoms with Crippen molar-refractivity contribution in [2.24, 2.45) is 0 Å². The molecule has 0 radical (unpaired) electrons. The number of rotatable bonds is 5. The summed E-state index contributed by atoms with van der Waals surface area (Å²) in [5.74, 6) is 0.449. The molecule has 0 bridgehead atoms. The Balaban J connectivity index is 2.60. The Morgan fingerprint density at radius 3 is 2.61 bits per heavy atom. The van der Waals surface area contributed by atoms with E-state index >= 15 is 0 Å². The van der Waals surface area contributed by atoms with Crippen molar-refractivity contribution < 1.29 is 9.53 Å². The molecule has 0 aliphatic heterocycles. The van der Waals surface area contributed by atoms with Gasteiger partial charge in [-0.05, 0) is 37.4 Å². The van der Waals surface area contributed by atoms with Crippen LogP contribution in [0.25, 0.3) is 0 Å².